The van der Waals surface area contributed by atoms with Gasteiger partial charge in [-0.05, 0) is 79.2 Å². The highest BCUT2D eigenvalue weighted by Crippen LogP contribution is 2.19. The molecule has 0 radical (unpaired) electrons. The van der Waals surface area contributed by atoms with Gasteiger partial charge in [-0.1, -0.05) is 12.1 Å². The molecule has 0 spiro atoms. The monoisotopic (exact) mass is 459 g/mol. The quantitative estimate of drug-likeness (QED) is 0.354. The SMILES string of the molecule is CCOc1ccc(NC(=O)/C(C#N)=C/c2cccc(OCC(=O)Nc3ccc(F)cc3)c2)cc1. The number of nitrogens with one attached hydrogen (secondary N) is 2. The van der Waals surface area contributed by atoms with Gasteiger partial charge in [-0.25, -0.2) is 4.39 Å². The van der Waals surface area contributed by atoms with E-state index in [1.54, 1.807) is 48.5 Å². The normalized spacial score (nSPS) is 10.7. The van der Waals surface area contributed by atoms with Crippen molar-refractivity contribution in [1.29, 1.82) is 5.26 Å². The van der Waals surface area contributed by atoms with E-state index in [1.165, 1.54) is 30.3 Å². The van der Waals surface area contributed by atoms with Crippen molar-refractivity contribution in [3.8, 4) is 17.6 Å². The first-order valence-electron chi connectivity index (χ1n) is 10.4. The second kappa shape index (κ2) is 11.8. The molecule has 0 saturated heterocycles. The van der Waals surface area contributed by atoms with Crippen molar-refractivity contribution in [1.82, 2.24) is 0 Å². The number of rotatable bonds is 9. The number of benzene rings is 3. The Labute approximate surface area is 196 Å². The minimum atomic E-state index is -0.559. The van der Waals surface area contributed by atoms with Gasteiger partial charge in [0, 0.05) is 11.4 Å². The summed E-state index contributed by atoms with van der Waals surface area (Å²) in [6.45, 7) is 2.14. The number of anilines is 2. The van der Waals surface area contributed by atoms with Crippen LogP contribution in [-0.2, 0) is 9.59 Å². The molecule has 0 fully saturated rings. The lowest BCUT2D eigenvalue weighted by Crippen LogP contribution is -2.20. The summed E-state index contributed by atoms with van der Waals surface area (Å²) in [6, 6.07) is 20.7. The van der Waals surface area contributed by atoms with E-state index in [4.69, 9.17) is 9.47 Å². The Morgan fingerprint density at radius 3 is 2.29 bits per heavy atom. The van der Waals surface area contributed by atoms with Crippen molar-refractivity contribution in [2.75, 3.05) is 23.8 Å². The number of hydrogen-bond donors (Lipinski definition) is 2. The topological polar surface area (TPSA) is 100 Å². The van der Waals surface area contributed by atoms with Gasteiger partial charge in [-0.2, -0.15) is 5.26 Å². The van der Waals surface area contributed by atoms with E-state index in [0.29, 0.717) is 35.0 Å². The first-order valence-corrected chi connectivity index (χ1v) is 10.4. The molecule has 172 valence electrons. The van der Waals surface area contributed by atoms with Crippen molar-refractivity contribution < 1.29 is 23.5 Å². The number of hydrogen-bond acceptors (Lipinski definition) is 5. The summed E-state index contributed by atoms with van der Waals surface area (Å²) in [5.41, 5.74) is 1.43. The molecule has 0 unspecified atom stereocenters. The zero-order valence-electron chi connectivity index (χ0n) is 18.4. The number of carbonyl (C=O) groups is 2. The van der Waals surface area contributed by atoms with E-state index in [9.17, 15) is 19.2 Å². The maximum absolute atomic E-state index is 13.0. The van der Waals surface area contributed by atoms with E-state index < -0.39 is 17.6 Å². The third-order valence-electron chi connectivity index (χ3n) is 4.46. The van der Waals surface area contributed by atoms with Crippen LogP contribution in [-0.4, -0.2) is 25.0 Å². The first kappa shape index (κ1) is 24.0. The summed E-state index contributed by atoms with van der Waals surface area (Å²) in [5.74, 6) is -0.312. The number of ether oxygens (including phenoxy) is 2. The third-order valence-corrected chi connectivity index (χ3v) is 4.46. The molecular formula is C26H22FN3O4. The molecule has 8 heteroatoms. The molecule has 3 aromatic rings. The molecule has 0 aliphatic carbocycles. The van der Waals surface area contributed by atoms with E-state index in [2.05, 4.69) is 10.6 Å². The molecule has 3 aromatic carbocycles. The van der Waals surface area contributed by atoms with Gasteiger partial charge >= 0.3 is 0 Å². The third kappa shape index (κ3) is 7.21. The van der Waals surface area contributed by atoms with Crippen LogP contribution >= 0.6 is 0 Å². The number of amides is 2. The van der Waals surface area contributed by atoms with Crippen molar-refractivity contribution in [2.24, 2.45) is 0 Å². The Hall–Kier alpha value is -4.64. The van der Waals surface area contributed by atoms with E-state index in [-0.39, 0.29) is 12.2 Å². The molecular weight excluding hydrogens is 437 g/mol. The lowest BCUT2D eigenvalue weighted by atomic mass is 10.1. The van der Waals surface area contributed by atoms with Crippen LogP contribution in [0, 0.1) is 17.1 Å². The summed E-state index contributed by atoms with van der Waals surface area (Å²) in [7, 11) is 0. The van der Waals surface area contributed by atoms with E-state index in [1.807, 2.05) is 13.0 Å². The van der Waals surface area contributed by atoms with Crippen molar-refractivity contribution in [3.05, 3.63) is 89.8 Å². The number of halogens is 1. The summed E-state index contributed by atoms with van der Waals surface area (Å²) >= 11 is 0. The molecule has 0 saturated carbocycles. The molecule has 0 aromatic heterocycles. The van der Waals surface area contributed by atoms with Crippen LogP contribution in [0.15, 0.2) is 78.4 Å². The van der Waals surface area contributed by atoms with Crippen LogP contribution in [0.1, 0.15) is 12.5 Å². The largest absolute Gasteiger partial charge is 0.494 e. The molecule has 3 rings (SSSR count). The maximum atomic E-state index is 13.0. The van der Waals surface area contributed by atoms with Gasteiger partial charge in [0.1, 0.15) is 29.0 Å². The predicted octanol–water partition coefficient (Wildman–Crippen LogP) is 4.79. The highest BCUT2D eigenvalue weighted by molar-refractivity contribution is 6.09. The van der Waals surface area contributed by atoms with Gasteiger partial charge < -0.3 is 20.1 Å². The second-order valence-electron chi connectivity index (χ2n) is 7.00. The summed E-state index contributed by atoms with van der Waals surface area (Å²) in [5, 5.41) is 14.7. The van der Waals surface area contributed by atoms with Crippen molar-refractivity contribution >= 4 is 29.3 Å². The van der Waals surface area contributed by atoms with E-state index in [0.717, 1.165) is 0 Å². The van der Waals surface area contributed by atoms with Crippen LogP contribution in [0.3, 0.4) is 0 Å². The Morgan fingerprint density at radius 2 is 1.62 bits per heavy atom. The number of carbonyl (C=O) groups excluding carboxylic acids is 2. The van der Waals surface area contributed by atoms with Crippen LogP contribution in [0.25, 0.3) is 6.08 Å². The second-order valence-corrected chi connectivity index (χ2v) is 7.00. The summed E-state index contributed by atoms with van der Waals surface area (Å²) in [6.07, 6.45) is 1.43. The summed E-state index contributed by atoms with van der Waals surface area (Å²) in [4.78, 5) is 24.6. The Morgan fingerprint density at radius 1 is 0.941 bits per heavy atom. The van der Waals surface area contributed by atoms with Gasteiger partial charge in [0.15, 0.2) is 6.61 Å². The molecule has 0 heterocycles. The van der Waals surface area contributed by atoms with E-state index >= 15 is 0 Å². The highest BCUT2D eigenvalue weighted by Gasteiger charge is 2.10. The average molecular weight is 459 g/mol. The van der Waals surface area contributed by atoms with Gasteiger partial charge in [-0.15, -0.1) is 0 Å². The standard InChI is InChI=1S/C26H22FN3O4/c1-2-33-23-12-10-22(11-13-23)30-26(32)19(16-28)14-18-4-3-5-24(15-18)34-17-25(31)29-21-8-6-20(27)7-9-21/h3-15H,2,17H2,1H3,(H,29,31)(H,30,32)/b19-14+. The first-order chi connectivity index (χ1) is 16.5. The van der Waals surface area contributed by atoms with Crippen LogP contribution < -0.4 is 20.1 Å². The molecule has 2 amide bonds. The van der Waals surface area contributed by atoms with Gasteiger partial charge in [0.25, 0.3) is 11.8 Å². The molecule has 7 nitrogen and oxygen atoms in total. The number of nitriles is 1. The highest BCUT2D eigenvalue weighted by atomic mass is 19.1. The minimum Gasteiger partial charge on any atom is -0.494 e. The zero-order chi connectivity index (χ0) is 24.3. The molecule has 34 heavy (non-hydrogen) atoms. The molecule has 0 atom stereocenters. The van der Waals surface area contributed by atoms with Crippen molar-refractivity contribution in [3.63, 3.8) is 0 Å². The molecule has 2 N–H and O–H groups in total. The maximum Gasteiger partial charge on any atom is 0.266 e. The fourth-order valence-corrected chi connectivity index (χ4v) is 2.89. The Balaban J connectivity index is 1.60. The predicted molar refractivity (Wildman–Crippen MR) is 127 cm³/mol. The molecule has 0 aliphatic heterocycles. The van der Waals surface area contributed by atoms with Gasteiger partial charge in [-0.3, -0.25) is 9.59 Å². The number of nitrogens with zero attached hydrogens (tertiary/aromatic N) is 1. The van der Waals surface area contributed by atoms with Crippen LogP contribution in [0.2, 0.25) is 0 Å². The molecule has 0 bridgehead atoms. The fourth-order valence-electron chi connectivity index (χ4n) is 2.89. The van der Waals surface area contributed by atoms with Gasteiger partial charge in [0.2, 0.25) is 0 Å². The summed E-state index contributed by atoms with van der Waals surface area (Å²) < 4.78 is 23.8. The van der Waals surface area contributed by atoms with Crippen molar-refractivity contribution in [2.45, 2.75) is 6.92 Å². The van der Waals surface area contributed by atoms with Crippen LogP contribution in [0.5, 0.6) is 11.5 Å². The lowest BCUT2D eigenvalue weighted by Gasteiger charge is -2.09. The smallest absolute Gasteiger partial charge is 0.266 e. The lowest BCUT2D eigenvalue weighted by molar-refractivity contribution is -0.118. The minimum absolute atomic E-state index is 0.0971. The fraction of sp³-hybridized carbons (Fsp3) is 0.115. The Bertz CT molecular complexity index is 1220. The van der Waals surface area contributed by atoms with Crippen LogP contribution in [0.4, 0.5) is 15.8 Å². The zero-order valence-corrected chi connectivity index (χ0v) is 18.4. The average Bonchev–Trinajstić information content (AvgIpc) is 2.84. The molecule has 0 aliphatic rings. The van der Waals surface area contributed by atoms with Gasteiger partial charge in [0.05, 0.1) is 6.61 Å². The Kier molecular flexibility index (Phi) is 8.36.